The maximum Gasteiger partial charge on any atom is 0.257 e. The number of amides is 1. The van der Waals surface area contributed by atoms with Crippen LogP contribution in [0.5, 0.6) is 0 Å². The number of carbonyl (C=O) groups excluding carboxylic acids is 1. The topological polar surface area (TPSA) is 54.0 Å². The molecule has 0 saturated carbocycles. The fraction of sp³-hybridized carbons (Fsp3) is 0.294. The Balaban J connectivity index is 2.16. The largest absolute Gasteiger partial charge is 0.382 e. The van der Waals surface area contributed by atoms with E-state index in [-0.39, 0.29) is 5.91 Å². The minimum Gasteiger partial charge on any atom is -0.382 e. The van der Waals surface area contributed by atoms with E-state index in [0.29, 0.717) is 11.6 Å². The number of rotatable bonds is 4. The summed E-state index contributed by atoms with van der Waals surface area (Å²) >= 11 is 0. The lowest BCUT2D eigenvalue weighted by Crippen LogP contribution is -2.15. The molecule has 0 saturated heterocycles. The van der Waals surface area contributed by atoms with Crippen LogP contribution in [-0.4, -0.2) is 16.9 Å². The van der Waals surface area contributed by atoms with E-state index in [1.807, 2.05) is 52.0 Å². The smallest absolute Gasteiger partial charge is 0.257 e. The molecule has 4 heteroatoms. The highest BCUT2D eigenvalue weighted by Crippen LogP contribution is 2.18. The predicted molar refractivity (Wildman–Crippen MR) is 86.9 cm³/mol. The van der Waals surface area contributed by atoms with Crippen LogP contribution in [0.1, 0.15) is 35.3 Å². The molecule has 1 amide bonds. The van der Waals surface area contributed by atoms with E-state index in [9.17, 15) is 4.79 Å². The second-order valence-corrected chi connectivity index (χ2v) is 5.53. The Morgan fingerprint density at radius 1 is 1.14 bits per heavy atom. The fourth-order valence-corrected chi connectivity index (χ4v) is 2.12. The van der Waals surface area contributed by atoms with E-state index in [1.165, 1.54) is 5.56 Å². The van der Waals surface area contributed by atoms with Crippen molar-refractivity contribution < 1.29 is 4.79 Å². The normalized spacial score (nSPS) is 10.5. The zero-order valence-corrected chi connectivity index (χ0v) is 12.9. The summed E-state index contributed by atoms with van der Waals surface area (Å²) < 4.78 is 0. The van der Waals surface area contributed by atoms with Gasteiger partial charge in [0.25, 0.3) is 5.91 Å². The number of hydrogen-bond acceptors (Lipinski definition) is 3. The van der Waals surface area contributed by atoms with Gasteiger partial charge in [0.1, 0.15) is 0 Å². The number of anilines is 2. The molecule has 0 radical (unpaired) electrons. The van der Waals surface area contributed by atoms with Gasteiger partial charge in [-0.2, -0.15) is 0 Å². The molecule has 0 atom stereocenters. The Bertz CT molecular complexity index is 650. The van der Waals surface area contributed by atoms with Crippen molar-refractivity contribution in [3.05, 3.63) is 53.3 Å². The summed E-state index contributed by atoms with van der Waals surface area (Å²) in [4.78, 5) is 16.4. The molecule has 0 bridgehead atoms. The van der Waals surface area contributed by atoms with Gasteiger partial charge in [-0.15, -0.1) is 0 Å². The van der Waals surface area contributed by atoms with E-state index in [2.05, 4.69) is 15.6 Å². The second-order valence-electron chi connectivity index (χ2n) is 5.53. The Morgan fingerprint density at radius 2 is 1.90 bits per heavy atom. The Hall–Kier alpha value is -2.36. The molecular weight excluding hydrogens is 262 g/mol. The second kappa shape index (κ2) is 6.39. The Kier molecular flexibility index (Phi) is 4.58. The average molecular weight is 283 g/mol. The van der Waals surface area contributed by atoms with Gasteiger partial charge in [-0.3, -0.25) is 9.78 Å². The summed E-state index contributed by atoms with van der Waals surface area (Å²) in [6, 6.07) is 8.06. The van der Waals surface area contributed by atoms with Crippen LogP contribution in [0.25, 0.3) is 0 Å². The highest BCUT2D eigenvalue weighted by atomic mass is 16.1. The van der Waals surface area contributed by atoms with Gasteiger partial charge in [0.2, 0.25) is 0 Å². The molecule has 2 N–H and O–H groups in total. The van der Waals surface area contributed by atoms with Gasteiger partial charge < -0.3 is 10.6 Å². The van der Waals surface area contributed by atoms with Crippen molar-refractivity contribution in [2.24, 2.45) is 0 Å². The first-order chi connectivity index (χ1) is 9.95. The number of carbonyl (C=O) groups is 1. The molecule has 2 aromatic rings. The van der Waals surface area contributed by atoms with Crippen LogP contribution in [-0.2, 0) is 0 Å². The summed E-state index contributed by atoms with van der Waals surface area (Å²) in [6.45, 7) is 8.10. The molecule has 0 fully saturated rings. The first-order valence-corrected chi connectivity index (χ1v) is 7.06. The summed E-state index contributed by atoms with van der Waals surface area (Å²) in [5, 5.41) is 6.17. The third-order valence-corrected chi connectivity index (χ3v) is 3.09. The van der Waals surface area contributed by atoms with E-state index < -0.39 is 0 Å². The monoisotopic (exact) mass is 283 g/mol. The summed E-state index contributed by atoms with van der Waals surface area (Å²) in [6.07, 6.45) is 3.29. The van der Waals surface area contributed by atoms with Crippen LogP contribution >= 0.6 is 0 Å². The lowest BCUT2D eigenvalue weighted by molar-refractivity contribution is 0.102. The van der Waals surface area contributed by atoms with Gasteiger partial charge in [0.15, 0.2) is 0 Å². The van der Waals surface area contributed by atoms with Gasteiger partial charge in [0, 0.05) is 24.1 Å². The van der Waals surface area contributed by atoms with E-state index >= 15 is 0 Å². The van der Waals surface area contributed by atoms with Crippen LogP contribution in [0, 0.1) is 13.8 Å². The van der Waals surface area contributed by atoms with Crippen molar-refractivity contribution in [1.29, 1.82) is 0 Å². The summed E-state index contributed by atoms with van der Waals surface area (Å²) in [7, 11) is 0. The Labute approximate surface area is 125 Å². The SMILES string of the molecule is Cc1ccc(NC(=O)c2cncc(NC(C)C)c2)c(C)c1. The molecule has 0 unspecified atom stereocenters. The maximum atomic E-state index is 12.3. The maximum absolute atomic E-state index is 12.3. The van der Waals surface area contributed by atoms with Crippen LogP contribution in [0.15, 0.2) is 36.7 Å². The first kappa shape index (κ1) is 15.0. The van der Waals surface area contributed by atoms with Crippen molar-refractivity contribution in [2.75, 3.05) is 10.6 Å². The first-order valence-electron chi connectivity index (χ1n) is 7.06. The standard InChI is InChI=1S/C17H21N3O/c1-11(2)19-15-8-14(9-18-10-15)17(21)20-16-6-5-12(3)7-13(16)4/h5-11,19H,1-4H3,(H,20,21). The van der Waals surface area contributed by atoms with E-state index in [1.54, 1.807) is 12.4 Å². The molecule has 1 aromatic carbocycles. The number of aryl methyl sites for hydroxylation is 2. The molecule has 2 rings (SSSR count). The van der Waals surface area contributed by atoms with Gasteiger partial charge in [0.05, 0.1) is 11.3 Å². The molecule has 21 heavy (non-hydrogen) atoms. The molecule has 0 aliphatic heterocycles. The molecule has 0 aliphatic carbocycles. The van der Waals surface area contributed by atoms with Gasteiger partial charge in [-0.1, -0.05) is 17.7 Å². The number of nitrogens with zero attached hydrogens (tertiary/aromatic N) is 1. The fourth-order valence-electron chi connectivity index (χ4n) is 2.12. The minimum atomic E-state index is -0.151. The van der Waals surface area contributed by atoms with Crippen molar-refractivity contribution in [3.8, 4) is 0 Å². The van der Waals surface area contributed by atoms with Crippen molar-refractivity contribution in [1.82, 2.24) is 4.98 Å². The van der Waals surface area contributed by atoms with E-state index in [0.717, 1.165) is 16.9 Å². The lowest BCUT2D eigenvalue weighted by Gasteiger charge is -2.12. The number of pyridine rings is 1. The average Bonchev–Trinajstić information content (AvgIpc) is 2.41. The van der Waals surface area contributed by atoms with Crippen LogP contribution in [0.3, 0.4) is 0 Å². The highest BCUT2D eigenvalue weighted by molar-refractivity contribution is 6.04. The number of benzene rings is 1. The van der Waals surface area contributed by atoms with Gasteiger partial charge >= 0.3 is 0 Å². The van der Waals surface area contributed by atoms with Crippen LogP contribution in [0.4, 0.5) is 11.4 Å². The third-order valence-electron chi connectivity index (χ3n) is 3.09. The highest BCUT2D eigenvalue weighted by Gasteiger charge is 2.09. The summed E-state index contributed by atoms with van der Waals surface area (Å²) in [5.41, 5.74) is 4.44. The molecule has 1 heterocycles. The molecule has 0 aliphatic rings. The van der Waals surface area contributed by atoms with Crippen molar-refractivity contribution in [3.63, 3.8) is 0 Å². The molecule has 0 spiro atoms. The zero-order chi connectivity index (χ0) is 15.4. The van der Waals surface area contributed by atoms with Gasteiger partial charge in [-0.25, -0.2) is 0 Å². The molecule has 4 nitrogen and oxygen atoms in total. The molecule has 1 aromatic heterocycles. The Morgan fingerprint density at radius 3 is 2.57 bits per heavy atom. The minimum absolute atomic E-state index is 0.151. The third kappa shape index (κ3) is 4.05. The molecule has 110 valence electrons. The predicted octanol–water partition coefficient (Wildman–Crippen LogP) is 3.77. The summed E-state index contributed by atoms with van der Waals surface area (Å²) in [5.74, 6) is -0.151. The lowest BCUT2D eigenvalue weighted by atomic mass is 10.1. The van der Waals surface area contributed by atoms with Crippen LogP contribution in [0.2, 0.25) is 0 Å². The molecular formula is C17H21N3O. The zero-order valence-electron chi connectivity index (χ0n) is 12.9. The van der Waals surface area contributed by atoms with Crippen molar-refractivity contribution in [2.45, 2.75) is 33.7 Å². The van der Waals surface area contributed by atoms with Crippen molar-refractivity contribution >= 4 is 17.3 Å². The number of nitrogens with one attached hydrogen (secondary N) is 2. The van der Waals surface area contributed by atoms with Crippen LogP contribution < -0.4 is 10.6 Å². The number of aromatic nitrogens is 1. The van der Waals surface area contributed by atoms with Gasteiger partial charge in [-0.05, 0) is 45.4 Å². The number of hydrogen-bond donors (Lipinski definition) is 2. The van der Waals surface area contributed by atoms with E-state index in [4.69, 9.17) is 0 Å². The quantitative estimate of drug-likeness (QED) is 0.898.